The second-order valence-electron chi connectivity index (χ2n) is 4.08. The van der Waals surface area contributed by atoms with Crippen molar-refractivity contribution in [3.8, 4) is 11.4 Å². The van der Waals surface area contributed by atoms with Crippen LogP contribution in [-0.2, 0) is 6.54 Å². The molecule has 2 N–H and O–H groups in total. The number of hydrogen-bond acceptors (Lipinski definition) is 6. The number of nitrogens with zero attached hydrogens (tertiary/aromatic N) is 2. The lowest BCUT2D eigenvalue weighted by Crippen LogP contribution is -2.22. The molecular formula is C13H10N4O4. The lowest BCUT2D eigenvalue weighted by atomic mass is 10.3. The zero-order valence-electron chi connectivity index (χ0n) is 10.7. The summed E-state index contributed by atoms with van der Waals surface area (Å²) in [6.07, 6.45) is 2.91. The summed E-state index contributed by atoms with van der Waals surface area (Å²) in [5.41, 5.74) is -0.0191. The molecule has 0 aliphatic heterocycles. The number of rotatable bonds is 4. The molecule has 3 aromatic heterocycles. The Labute approximate surface area is 117 Å². The normalized spacial score (nSPS) is 10.5. The van der Waals surface area contributed by atoms with Crippen LogP contribution in [-0.4, -0.2) is 21.0 Å². The molecule has 0 bridgehead atoms. The SMILES string of the molecule is O=C(NCc1nc(-c2ccc[nH]c2=O)no1)c1ccco1. The van der Waals surface area contributed by atoms with E-state index in [4.69, 9.17) is 8.94 Å². The van der Waals surface area contributed by atoms with Crippen LogP contribution in [0.3, 0.4) is 0 Å². The molecule has 3 rings (SSSR count). The van der Waals surface area contributed by atoms with E-state index in [9.17, 15) is 9.59 Å². The van der Waals surface area contributed by atoms with E-state index in [-0.39, 0.29) is 29.6 Å². The van der Waals surface area contributed by atoms with Gasteiger partial charge in [0.25, 0.3) is 11.5 Å². The molecular weight excluding hydrogens is 276 g/mol. The Kier molecular flexibility index (Phi) is 3.34. The predicted octanol–water partition coefficient (Wildman–Crippen LogP) is 0.948. The first kappa shape index (κ1) is 12.9. The first-order chi connectivity index (χ1) is 10.2. The molecule has 0 spiro atoms. The fourth-order valence-corrected chi connectivity index (χ4v) is 1.68. The van der Waals surface area contributed by atoms with Gasteiger partial charge in [0.1, 0.15) is 0 Å². The average molecular weight is 286 g/mol. The summed E-state index contributed by atoms with van der Waals surface area (Å²) in [5.74, 6) is 0.152. The monoisotopic (exact) mass is 286 g/mol. The number of aromatic amines is 1. The van der Waals surface area contributed by atoms with Crippen LogP contribution in [0, 0.1) is 0 Å². The molecule has 0 aliphatic carbocycles. The summed E-state index contributed by atoms with van der Waals surface area (Å²) >= 11 is 0. The van der Waals surface area contributed by atoms with Crippen LogP contribution < -0.4 is 10.9 Å². The molecule has 106 valence electrons. The molecule has 0 saturated carbocycles. The van der Waals surface area contributed by atoms with Gasteiger partial charge in [-0.1, -0.05) is 5.16 Å². The van der Waals surface area contributed by atoms with Crippen LogP contribution in [0.5, 0.6) is 0 Å². The van der Waals surface area contributed by atoms with E-state index < -0.39 is 5.91 Å². The number of pyridine rings is 1. The number of nitrogens with one attached hydrogen (secondary N) is 2. The number of aromatic nitrogens is 3. The Morgan fingerprint density at radius 3 is 3.00 bits per heavy atom. The van der Waals surface area contributed by atoms with Crippen molar-refractivity contribution in [3.63, 3.8) is 0 Å². The Morgan fingerprint density at radius 1 is 1.33 bits per heavy atom. The summed E-state index contributed by atoms with van der Waals surface area (Å²) in [5, 5.41) is 6.27. The number of hydrogen-bond donors (Lipinski definition) is 2. The number of furan rings is 1. The molecule has 3 heterocycles. The Bertz CT molecular complexity index is 803. The van der Waals surface area contributed by atoms with Crippen LogP contribution in [0.4, 0.5) is 0 Å². The zero-order chi connectivity index (χ0) is 14.7. The quantitative estimate of drug-likeness (QED) is 0.738. The molecule has 21 heavy (non-hydrogen) atoms. The van der Waals surface area contributed by atoms with E-state index in [1.807, 2.05) is 0 Å². The number of amides is 1. The molecule has 0 aliphatic rings. The van der Waals surface area contributed by atoms with Crippen molar-refractivity contribution in [1.82, 2.24) is 20.4 Å². The summed E-state index contributed by atoms with van der Waals surface area (Å²) in [7, 11) is 0. The fourth-order valence-electron chi connectivity index (χ4n) is 1.68. The van der Waals surface area contributed by atoms with Crippen LogP contribution >= 0.6 is 0 Å². The Morgan fingerprint density at radius 2 is 2.24 bits per heavy atom. The van der Waals surface area contributed by atoms with Crippen molar-refractivity contribution in [2.45, 2.75) is 6.54 Å². The minimum atomic E-state index is -0.391. The van der Waals surface area contributed by atoms with Crippen molar-refractivity contribution in [3.05, 3.63) is 58.7 Å². The Hall–Kier alpha value is -3.16. The molecule has 0 fully saturated rings. The van der Waals surface area contributed by atoms with Gasteiger partial charge in [0.2, 0.25) is 11.7 Å². The fraction of sp³-hybridized carbons (Fsp3) is 0.0769. The highest BCUT2D eigenvalue weighted by atomic mass is 16.5. The number of H-pyrrole nitrogens is 1. The maximum Gasteiger partial charge on any atom is 0.287 e. The smallest absolute Gasteiger partial charge is 0.287 e. The predicted molar refractivity (Wildman–Crippen MR) is 70.2 cm³/mol. The minimum absolute atomic E-state index is 0.0390. The summed E-state index contributed by atoms with van der Waals surface area (Å²) in [6.45, 7) is 0.0390. The molecule has 3 aromatic rings. The molecule has 8 heteroatoms. The van der Waals surface area contributed by atoms with E-state index >= 15 is 0 Å². The van der Waals surface area contributed by atoms with E-state index in [1.165, 1.54) is 18.5 Å². The van der Waals surface area contributed by atoms with Gasteiger partial charge in [-0.2, -0.15) is 4.98 Å². The van der Waals surface area contributed by atoms with Crippen molar-refractivity contribution in [2.24, 2.45) is 0 Å². The Balaban J connectivity index is 1.70. The largest absolute Gasteiger partial charge is 0.459 e. The highest BCUT2D eigenvalue weighted by Crippen LogP contribution is 2.10. The lowest BCUT2D eigenvalue weighted by Gasteiger charge is -1.97. The van der Waals surface area contributed by atoms with Gasteiger partial charge in [-0.3, -0.25) is 9.59 Å². The van der Waals surface area contributed by atoms with Gasteiger partial charge >= 0.3 is 0 Å². The summed E-state index contributed by atoms with van der Waals surface area (Å²) < 4.78 is 9.93. The molecule has 8 nitrogen and oxygen atoms in total. The first-order valence-corrected chi connectivity index (χ1v) is 6.06. The molecule has 0 atom stereocenters. The van der Waals surface area contributed by atoms with Crippen LogP contribution in [0.2, 0.25) is 0 Å². The number of carbonyl (C=O) groups excluding carboxylic acids is 1. The molecule has 0 unspecified atom stereocenters. The maximum atomic E-state index is 11.7. The van der Waals surface area contributed by atoms with E-state index in [0.717, 1.165) is 0 Å². The van der Waals surface area contributed by atoms with Gasteiger partial charge in [-0.25, -0.2) is 0 Å². The van der Waals surface area contributed by atoms with E-state index in [2.05, 4.69) is 20.4 Å². The van der Waals surface area contributed by atoms with Gasteiger partial charge in [-0.05, 0) is 24.3 Å². The highest BCUT2D eigenvalue weighted by molar-refractivity contribution is 5.91. The second kappa shape index (κ2) is 5.45. The van der Waals surface area contributed by atoms with E-state index in [1.54, 1.807) is 18.2 Å². The third-order valence-corrected chi connectivity index (χ3v) is 2.67. The van der Waals surface area contributed by atoms with Gasteiger partial charge in [0, 0.05) is 6.20 Å². The lowest BCUT2D eigenvalue weighted by molar-refractivity contribution is 0.0918. The van der Waals surface area contributed by atoms with Crippen LogP contribution in [0.25, 0.3) is 11.4 Å². The van der Waals surface area contributed by atoms with Gasteiger partial charge in [0.15, 0.2) is 5.76 Å². The van der Waals surface area contributed by atoms with Gasteiger partial charge < -0.3 is 19.2 Å². The average Bonchev–Trinajstić information content (AvgIpc) is 3.17. The molecule has 1 amide bonds. The van der Waals surface area contributed by atoms with E-state index in [0.29, 0.717) is 5.56 Å². The van der Waals surface area contributed by atoms with Crippen molar-refractivity contribution >= 4 is 5.91 Å². The maximum absolute atomic E-state index is 11.7. The topological polar surface area (TPSA) is 114 Å². The molecule has 0 radical (unpaired) electrons. The highest BCUT2D eigenvalue weighted by Gasteiger charge is 2.13. The van der Waals surface area contributed by atoms with Crippen molar-refractivity contribution in [1.29, 1.82) is 0 Å². The molecule has 0 aromatic carbocycles. The van der Waals surface area contributed by atoms with Crippen molar-refractivity contribution < 1.29 is 13.7 Å². The summed E-state index contributed by atoms with van der Waals surface area (Å²) in [6, 6.07) is 6.39. The van der Waals surface area contributed by atoms with Gasteiger partial charge in [-0.15, -0.1) is 0 Å². The summed E-state index contributed by atoms with van der Waals surface area (Å²) in [4.78, 5) is 29.8. The first-order valence-electron chi connectivity index (χ1n) is 6.06. The third-order valence-electron chi connectivity index (χ3n) is 2.67. The standard InChI is InChI=1S/C13H10N4O4/c18-12-8(3-1-5-14-12)11-16-10(21-17-11)7-15-13(19)9-4-2-6-20-9/h1-6H,7H2,(H,14,18)(H,15,19). The zero-order valence-corrected chi connectivity index (χ0v) is 10.7. The van der Waals surface area contributed by atoms with Crippen molar-refractivity contribution in [2.75, 3.05) is 0 Å². The minimum Gasteiger partial charge on any atom is -0.459 e. The molecule has 0 saturated heterocycles. The number of carbonyl (C=O) groups is 1. The van der Waals surface area contributed by atoms with Crippen LogP contribution in [0.15, 0.2) is 50.5 Å². The van der Waals surface area contributed by atoms with Crippen LogP contribution in [0.1, 0.15) is 16.4 Å². The third kappa shape index (κ3) is 2.73. The van der Waals surface area contributed by atoms with Gasteiger partial charge in [0.05, 0.1) is 18.4 Å². The second-order valence-corrected chi connectivity index (χ2v) is 4.08.